The first-order valence-corrected chi connectivity index (χ1v) is 12.4. The van der Waals surface area contributed by atoms with E-state index in [1.807, 2.05) is 25.1 Å². The van der Waals surface area contributed by atoms with Crippen LogP contribution in [0.25, 0.3) is 0 Å². The second-order valence-electron chi connectivity index (χ2n) is 8.77. The minimum atomic E-state index is -0.245. The lowest BCUT2D eigenvalue weighted by atomic mass is 10.1. The Balaban J connectivity index is 1.41. The van der Waals surface area contributed by atoms with Crippen LogP contribution in [0.1, 0.15) is 28.8 Å². The van der Waals surface area contributed by atoms with E-state index in [1.54, 1.807) is 29.3 Å². The van der Waals surface area contributed by atoms with Gasteiger partial charge in [-0.3, -0.25) is 9.69 Å². The van der Waals surface area contributed by atoms with Gasteiger partial charge in [0.15, 0.2) is 0 Å². The van der Waals surface area contributed by atoms with Gasteiger partial charge in [-0.05, 0) is 55.8 Å². The van der Waals surface area contributed by atoms with Crippen LogP contribution in [0.15, 0.2) is 42.6 Å². The molecule has 0 unspecified atom stereocenters. The topological polar surface area (TPSA) is 76.6 Å². The number of carbonyl (C=O) groups excluding carboxylic acids is 1. The molecule has 2 N–H and O–H groups in total. The third-order valence-corrected chi connectivity index (χ3v) is 6.93. The van der Waals surface area contributed by atoms with Gasteiger partial charge in [-0.15, -0.1) is 0 Å². The van der Waals surface area contributed by atoms with Crippen molar-refractivity contribution in [2.75, 3.05) is 53.9 Å². The van der Waals surface area contributed by atoms with E-state index in [4.69, 9.17) is 23.2 Å². The molecule has 2 aromatic carbocycles. The molecule has 0 spiro atoms. The molecule has 0 aliphatic carbocycles. The van der Waals surface area contributed by atoms with Gasteiger partial charge in [-0.1, -0.05) is 29.3 Å². The van der Waals surface area contributed by atoms with Crippen LogP contribution in [-0.4, -0.2) is 49.7 Å². The first-order valence-electron chi connectivity index (χ1n) is 11.6. The van der Waals surface area contributed by atoms with Crippen LogP contribution in [0.5, 0.6) is 0 Å². The van der Waals surface area contributed by atoms with Gasteiger partial charge in [-0.25, -0.2) is 4.98 Å². The summed E-state index contributed by atoms with van der Waals surface area (Å²) in [6.45, 7) is 3.22. The van der Waals surface area contributed by atoms with Crippen molar-refractivity contribution in [2.24, 2.45) is 0 Å². The minimum absolute atomic E-state index is 0.245. The maximum atomic E-state index is 13.3. The fourth-order valence-corrected chi connectivity index (χ4v) is 5.28. The molecule has 5 rings (SSSR count). The Labute approximate surface area is 214 Å². The fraction of sp³-hybridized carbons (Fsp3) is 0.320. The average Bonchev–Trinajstić information content (AvgIpc) is 3.37. The van der Waals surface area contributed by atoms with Crippen molar-refractivity contribution < 1.29 is 4.79 Å². The van der Waals surface area contributed by atoms with E-state index in [9.17, 15) is 4.79 Å². The van der Waals surface area contributed by atoms with Crippen LogP contribution in [0.2, 0.25) is 10.0 Å². The number of amides is 1. The van der Waals surface area contributed by atoms with Crippen LogP contribution in [0.3, 0.4) is 0 Å². The Kier molecular flexibility index (Phi) is 6.69. The van der Waals surface area contributed by atoms with Crippen molar-refractivity contribution in [2.45, 2.75) is 19.4 Å². The standard InChI is InChI=1S/C25H27Cl2N7O/c1-28-13-16-12-17(8-9-21(16)33-10-3-4-11-33)30-25-29-14-18-23(31-25)32(2)15-34(24(18)35)22-19(26)6-5-7-20(22)27/h5-9,12,14,28H,3-4,10-11,13,15H2,1-2H3,(H,29,30,31). The molecule has 3 aromatic rings. The zero-order chi connectivity index (χ0) is 24.5. The van der Waals surface area contributed by atoms with E-state index in [-0.39, 0.29) is 12.6 Å². The molecule has 1 aromatic heterocycles. The van der Waals surface area contributed by atoms with Crippen LogP contribution in [-0.2, 0) is 6.54 Å². The molecule has 0 radical (unpaired) electrons. The molecule has 0 bridgehead atoms. The molecule has 2 aliphatic rings. The number of nitrogens with zero attached hydrogens (tertiary/aromatic N) is 5. The highest BCUT2D eigenvalue weighted by Gasteiger charge is 2.32. The molecule has 182 valence electrons. The number of para-hydroxylation sites is 1. The van der Waals surface area contributed by atoms with Crippen LogP contribution in [0.4, 0.5) is 28.8 Å². The van der Waals surface area contributed by atoms with Crippen LogP contribution >= 0.6 is 23.2 Å². The largest absolute Gasteiger partial charge is 0.371 e. The van der Waals surface area contributed by atoms with Crippen molar-refractivity contribution in [1.82, 2.24) is 15.3 Å². The minimum Gasteiger partial charge on any atom is -0.371 e. The number of rotatable bonds is 6. The predicted molar refractivity (Wildman–Crippen MR) is 143 cm³/mol. The lowest BCUT2D eigenvalue weighted by Crippen LogP contribution is -2.46. The number of anilines is 5. The van der Waals surface area contributed by atoms with Gasteiger partial charge in [-0.2, -0.15) is 4.98 Å². The van der Waals surface area contributed by atoms with E-state index in [2.05, 4.69) is 37.6 Å². The van der Waals surface area contributed by atoms with Crippen LogP contribution < -0.4 is 25.3 Å². The van der Waals surface area contributed by atoms with E-state index in [0.717, 1.165) is 25.3 Å². The SMILES string of the molecule is CNCc1cc(Nc2ncc3c(n2)N(C)CN(c2c(Cl)cccc2Cl)C3=O)ccc1N1CCCC1. The highest BCUT2D eigenvalue weighted by Crippen LogP contribution is 2.37. The van der Waals surface area contributed by atoms with Gasteiger partial charge in [0, 0.05) is 44.3 Å². The summed E-state index contributed by atoms with van der Waals surface area (Å²) in [5, 5.41) is 7.39. The normalized spacial score (nSPS) is 15.5. The number of carbonyl (C=O) groups is 1. The van der Waals surface area contributed by atoms with E-state index in [1.165, 1.54) is 24.1 Å². The number of nitrogens with one attached hydrogen (secondary N) is 2. The summed E-state index contributed by atoms with van der Waals surface area (Å²) in [5.41, 5.74) is 4.25. The quantitative estimate of drug-likeness (QED) is 0.487. The molecule has 1 amide bonds. The fourth-order valence-electron chi connectivity index (χ4n) is 4.67. The number of hydrogen-bond acceptors (Lipinski definition) is 7. The average molecular weight is 512 g/mol. The van der Waals surface area contributed by atoms with Crippen molar-refractivity contribution in [3.63, 3.8) is 0 Å². The van der Waals surface area contributed by atoms with E-state index < -0.39 is 0 Å². The van der Waals surface area contributed by atoms with Crippen molar-refractivity contribution in [1.29, 1.82) is 0 Å². The summed E-state index contributed by atoms with van der Waals surface area (Å²) in [5.74, 6) is 0.735. The zero-order valence-corrected chi connectivity index (χ0v) is 21.2. The first-order chi connectivity index (χ1) is 17.0. The van der Waals surface area contributed by atoms with Crippen LogP contribution in [0, 0.1) is 0 Å². The first kappa shape index (κ1) is 23.7. The van der Waals surface area contributed by atoms with Gasteiger partial charge in [0.1, 0.15) is 11.4 Å². The Morgan fingerprint density at radius 1 is 1.09 bits per heavy atom. The number of halogens is 2. The molecule has 1 fully saturated rings. The Morgan fingerprint density at radius 2 is 1.83 bits per heavy atom. The number of fused-ring (bicyclic) bond motifs is 1. The van der Waals surface area contributed by atoms with Crippen molar-refractivity contribution >= 4 is 57.9 Å². The number of benzene rings is 2. The third kappa shape index (κ3) is 4.61. The molecule has 2 aliphatic heterocycles. The van der Waals surface area contributed by atoms with Gasteiger partial charge in [0.25, 0.3) is 5.91 Å². The van der Waals surface area contributed by atoms with Gasteiger partial charge < -0.3 is 20.4 Å². The molecule has 10 heteroatoms. The smallest absolute Gasteiger partial charge is 0.265 e. The number of aromatic nitrogens is 2. The molecular formula is C25H27Cl2N7O. The Hall–Kier alpha value is -3.07. The molecule has 35 heavy (non-hydrogen) atoms. The lowest BCUT2D eigenvalue weighted by Gasteiger charge is -2.35. The summed E-state index contributed by atoms with van der Waals surface area (Å²) in [4.78, 5) is 28.2. The third-order valence-electron chi connectivity index (χ3n) is 6.32. The van der Waals surface area contributed by atoms with Gasteiger partial charge in [0.2, 0.25) is 5.95 Å². The maximum absolute atomic E-state index is 13.3. The highest BCUT2D eigenvalue weighted by atomic mass is 35.5. The molecule has 1 saturated heterocycles. The van der Waals surface area contributed by atoms with Gasteiger partial charge in [0.05, 0.1) is 22.4 Å². The molecular weight excluding hydrogens is 485 g/mol. The molecule has 3 heterocycles. The maximum Gasteiger partial charge on any atom is 0.265 e. The Bertz CT molecular complexity index is 1240. The zero-order valence-electron chi connectivity index (χ0n) is 19.7. The van der Waals surface area contributed by atoms with Gasteiger partial charge >= 0.3 is 0 Å². The molecule has 0 saturated carbocycles. The summed E-state index contributed by atoms with van der Waals surface area (Å²) < 4.78 is 0. The summed E-state index contributed by atoms with van der Waals surface area (Å²) in [7, 11) is 3.82. The predicted octanol–water partition coefficient (Wildman–Crippen LogP) is 4.90. The summed E-state index contributed by atoms with van der Waals surface area (Å²) >= 11 is 12.7. The van der Waals surface area contributed by atoms with E-state index >= 15 is 0 Å². The Morgan fingerprint density at radius 3 is 2.54 bits per heavy atom. The van der Waals surface area contributed by atoms with Crippen molar-refractivity contribution in [3.05, 3.63) is 63.8 Å². The highest BCUT2D eigenvalue weighted by molar-refractivity contribution is 6.40. The lowest BCUT2D eigenvalue weighted by molar-refractivity contribution is 0.0982. The van der Waals surface area contributed by atoms with Crippen molar-refractivity contribution in [3.8, 4) is 0 Å². The molecule has 0 atom stereocenters. The summed E-state index contributed by atoms with van der Waals surface area (Å²) in [6, 6.07) is 11.5. The van der Waals surface area contributed by atoms with E-state index in [0.29, 0.717) is 33.1 Å². The number of hydrogen-bond donors (Lipinski definition) is 2. The molecule has 8 nitrogen and oxygen atoms in total. The summed E-state index contributed by atoms with van der Waals surface area (Å²) in [6.07, 6.45) is 4.01. The second kappa shape index (κ2) is 9.89. The monoisotopic (exact) mass is 511 g/mol. The second-order valence-corrected chi connectivity index (χ2v) is 9.58.